The number of hydrogen-bond donors (Lipinski definition) is 0. The zero-order chi connectivity index (χ0) is 77.0. The summed E-state index contributed by atoms with van der Waals surface area (Å²) < 4.78 is 69.5. The summed E-state index contributed by atoms with van der Waals surface area (Å²) >= 11 is 0. The Balaban J connectivity index is 0.00000137. The first-order valence-corrected chi connectivity index (χ1v) is 39.6. The third-order valence-electron chi connectivity index (χ3n) is 17.0. The topological polar surface area (TPSA) is 240 Å². The predicted octanol–water partition coefficient (Wildman–Crippen LogP) is 17.5. The van der Waals surface area contributed by atoms with Crippen LogP contribution in [0.1, 0.15) is 287 Å². The molecule has 0 fully saturated rings. The van der Waals surface area contributed by atoms with Gasteiger partial charge in [-0.15, -0.1) is 0 Å². The van der Waals surface area contributed by atoms with Gasteiger partial charge in [0.15, 0.2) is 0 Å². The molecule has 0 saturated heterocycles. The average molecular weight is 1560 g/mol. The Morgan fingerprint density at radius 2 is 0.381 bits per heavy atom. The van der Waals surface area contributed by atoms with Crippen LogP contribution in [0.5, 0.6) is 46.0 Å². The van der Waals surface area contributed by atoms with Crippen molar-refractivity contribution in [3.05, 3.63) is 95.1 Å². The Morgan fingerprint density at radius 1 is 0.229 bits per heavy atom. The zero-order valence-electron chi connectivity index (χ0n) is 67.9. The molecule has 0 saturated carbocycles. The molecule has 4 aromatic carbocycles. The molecule has 4 unspecified atom stereocenters. The van der Waals surface area contributed by atoms with Crippen LogP contribution >= 0.6 is 0 Å². The molecular formula is C84H140O20Zr. The van der Waals surface area contributed by atoms with Crippen LogP contribution < -0.4 is 58.9 Å². The minimum Gasteiger partial charge on any atom is -0.723 e. The van der Waals surface area contributed by atoms with Crippen molar-refractivity contribution < 1.29 is 124 Å². The van der Waals surface area contributed by atoms with Crippen LogP contribution in [0.3, 0.4) is 0 Å². The van der Waals surface area contributed by atoms with Crippen LogP contribution in [0.15, 0.2) is 72.8 Å². The van der Waals surface area contributed by atoms with Crippen molar-refractivity contribution in [1.82, 2.24) is 0 Å². The van der Waals surface area contributed by atoms with Gasteiger partial charge in [-0.3, -0.25) is 0 Å². The molecule has 0 radical (unpaired) electrons. The quantitative estimate of drug-likeness (QED) is 0.0227. The molecule has 600 valence electrons. The third-order valence-corrected chi connectivity index (χ3v) is 17.0. The van der Waals surface area contributed by atoms with E-state index in [0.29, 0.717) is 125 Å². The number of unbranched alkanes of at least 4 members (excludes halogenated alkanes) is 12. The molecule has 105 heavy (non-hydrogen) atoms. The van der Waals surface area contributed by atoms with E-state index in [1.807, 2.05) is 72.8 Å². The van der Waals surface area contributed by atoms with E-state index in [1.54, 1.807) is 27.7 Å². The first kappa shape index (κ1) is 101. The summed E-state index contributed by atoms with van der Waals surface area (Å²) in [6.45, 7) is 40.6. The molecule has 0 amide bonds. The fourth-order valence-corrected chi connectivity index (χ4v) is 9.88. The number of hydrogen-bond acceptors (Lipinski definition) is 20. The zero-order valence-corrected chi connectivity index (χ0v) is 70.3. The van der Waals surface area contributed by atoms with Crippen LogP contribution in [-0.2, 0) is 87.1 Å². The van der Waals surface area contributed by atoms with E-state index < -0.39 is 22.4 Å². The first-order valence-electron chi connectivity index (χ1n) is 39.6. The van der Waals surface area contributed by atoms with Gasteiger partial charge >= 0.3 is 26.2 Å². The van der Waals surface area contributed by atoms with E-state index in [1.165, 1.54) is 0 Å². The van der Waals surface area contributed by atoms with Crippen LogP contribution in [0.25, 0.3) is 0 Å². The van der Waals surface area contributed by atoms with Gasteiger partial charge in [-0.1, -0.05) is 160 Å². The van der Waals surface area contributed by atoms with Crippen LogP contribution in [0.2, 0.25) is 0 Å². The summed E-state index contributed by atoms with van der Waals surface area (Å²) in [5.74, 6) is 5.50. The molecule has 0 bridgehead atoms. The summed E-state index contributed by atoms with van der Waals surface area (Å²) in [7, 11) is 0. The summed E-state index contributed by atoms with van der Waals surface area (Å²) in [4.78, 5) is 18.4. The molecule has 4 aromatic rings. The van der Waals surface area contributed by atoms with Crippen molar-refractivity contribution in [2.24, 2.45) is 0 Å². The molecule has 20 nitrogen and oxygen atoms in total. The van der Waals surface area contributed by atoms with Gasteiger partial charge in [-0.2, -0.15) is 0 Å². The molecule has 21 heteroatoms. The normalized spacial score (nSPS) is 13.3. The number of rotatable bonds is 60. The van der Waals surface area contributed by atoms with Crippen molar-refractivity contribution in [2.45, 2.75) is 287 Å². The van der Waals surface area contributed by atoms with E-state index in [2.05, 4.69) is 103 Å². The Hall–Kier alpha value is -4.32. The summed E-state index contributed by atoms with van der Waals surface area (Å²) in [6.07, 6.45) is 24.3. The Labute approximate surface area is 653 Å². The van der Waals surface area contributed by atoms with E-state index in [9.17, 15) is 21.0 Å². The summed E-state index contributed by atoms with van der Waals surface area (Å²) in [5.41, 5.74) is -1.61. The molecule has 0 N–H and O–H groups in total. The number of benzene rings is 4. The monoisotopic (exact) mass is 1560 g/mol. The fraction of sp³-hybridized carbons (Fsp3) is 0.714. The Bertz CT molecular complexity index is 2330. The van der Waals surface area contributed by atoms with Crippen molar-refractivity contribution in [2.75, 3.05) is 106 Å². The molecule has 4 rings (SSSR count). The van der Waals surface area contributed by atoms with Crippen molar-refractivity contribution >= 4 is 0 Å². The van der Waals surface area contributed by atoms with Crippen LogP contribution in [-0.4, -0.2) is 106 Å². The third kappa shape index (κ3) is 41.3. The van der Waals surface area contributed by atoms with Crippen LogP contribution in [0, 0.1) is 0 Å². The SMILES string of the molecule is CCCCOCC(C)(O[O-])c1ccc(OCCCC)cc1OCCCC.CCCCOCC(C)(O[O-])c1ccc(OCCCC)cc1OCCCC.CCCCOCC(C)(O[O-])c1ccc(OCCCC)cc1OCCCC.CCCCOCC(C)(O[O-])c1ccc(OCCCC)cc1OCCCC.[Zr+4]. The maximum Gasteiger partial charge on any atom is 4.00 e. The minimum atomic E-state index is -1.10. The van der Waals surface area contributed by atoms with Gasteiger partial charge in [0, 0.05) is 72.9 Å². The summed E-state index contributed by atoms with van der Waals surface area (Å²) in [5, 5.41) is 46.1. The second kappa shape index (κ2) is 63.5. The Kier molecular flexibility index (Phi) is 60.8. The van der Waals surface area contributed by atoms with Gasteiger partial charge in [-0.25, -0.2) is 0 Å². The second-order valence-corrected chi connectivity index (χ2v) is 27.1. The van der Waals surface area contributed by atoms with E-state index in [-0.39, 0.29) is 52.6 Å². The number of ether oxygens (including phenoxy) is 12. The molecule has 4 atom stereocenters. The fourth-order valence-electron chi connectivity index (χ4n) is 9.88. The first-order chi connectivity index (χ1) is 50.4. The van der Waals surface area contributed by atoms with Gasteiger partial charge in [0.25, 0.3) is 0 Å². The van der Waals surface area contributed by atoms with Crippen molar-refractivity contribution in [3.8, 4) is 46.0 Å². The smallest absolute Gasteiger partial charge is 0.723 e. The minimum absolute atomic E-state index is 0. The average Bonchev–Trinajstić information content (AvgIpc) is 0.829. The largest absolute Gasteiger partial charge is 4.00 e. The van der Waals surface area contributed by atoms with Crippen LogP contribution in [0.4, 0.5) is 0 Å². The van der Waals surface area contributed by atoms with Gasteiger partial charge in [0.05, 0.1) is 79.3 Å². The van der Waals surface area contributed by atoms with Gasteiger partial charge < -0.3 is 97.4 Å². The second-order valence-electron chi connectivity index (χ2n) is 27.1. The molecular weight excluding hydrogens is 1420 g/mol. The molecule has 0 heterocycles. The standard InChI is InChI=1S/4C21H36O5.Zr/c4*1-5-8-13-23-17-21(4,26-22)19-12-11-18(24-14-9-6-2)16-20(19)25-15-10-7-3;/h4*11-12,16,22H,5-10,13-15,17H2,1-4H3;/q;;;;+4/p-4. The molecule has 0 aromatic heterocycles. The maximum atomic E-state index is 11.5. The van der Waals surface area contributed by atoms with Crippen molar-refractivity contribution in [3.63, 3.8) is 0 Å². The van der Waals surface area contributed by atoms with Gasteiger partial charge in [0.1, 0.15) is 68.4 Å². The molecule has 0 aliphatic rings. The van der Waals surface area contributed by atoms with Gasteiger partial charge in [-0.05, 0) is 153 Å². The Morgan fingerprint density at radius 3 is 0.533 bits per heavy atom. The van der Waals surface area contributed by atoms with Crippen molar-refractivity contribution in [1.29, 1.82) is 0 Å². The maximum absolute atomic E-state index is 11.5. The molecule has 0 spiro atoms. The van der Waals surface area contributed by atoms with E-state index in [0.717, 1.165) is 177 Å². The predicted molar refractivity (Wildman–Crippen MR) is 406 cm³/mol. The summed E-state index contributed by atoms with van der Waals surface area (Å²) in [6, 6.07) is 22.3. The molecule has 0 aliphatic heterocycles. The van der Waals surface area contributed by atoms with E-state index >= 15 is 0 Å². The van der Waals surface area contributed by atoms with E-state index in [4.69, 9.17) is 56.8 Å². The van der Waals surface area contributed by atoms with Gasteiger partial charge in [0.2, 0.25) is 0 Å². The molecule has 0 aliphatic carbocycles.